The Morgan fingerprint density at radius 2 is 1.69 bits per heavy atom. The number of amides is 1. The molecule has 1 heterocycles. The summed E-state index contributed by atoms with van der Waals surface area (Å²) in [4.78, 5) is 15.0. The molecule has 0 aliphatic carbocycles. The van der Waals surface area contributed by atoms with Crippen molar-refractivity contribution in [1.82, 2.24) is 15.5 Å². The fourth-order valence-electron chi connectivity index (χ4n) is 4.62. The summed E-state index contributed by atoms with van der Waals surface area (Å²) in [6.45, 7) is 19.7. The average molecular weight is 588 g/mol. The lowest BCUT2D eigenvalue weighted by Crippen LogP contribution is -2.40. The lowest BCUT2D eigenvalue weighted by molar-refractivity contribution is 0.0527. The Bertz CT molecular complexity index is 1310. The van der Waals surface area contributed by atoms with Crippen molar-refractivity contribution >= 4 is 17.7 Å². The number of rotatable bonds is 15. The monoisotopic (exact) mass is 587 g/mol. The van der Waals surface area contributed by atoms with Gasteiger partial charge < -0.3 is 20.1 Å². The van der Waals surface area contributed by atoms with Crippen LogP contribution < -0.4 is 10.6 Å². The molecule has 0 unspecified atom stereocenters. The van der Waals surface area contributed by atoms with Crippen molar-refractivity contribution < 1.29 is 14.6 Å². The van der Waals surface area contributed by atoms with Crippen molar-refractivity contribution in [3.63, 3.8) is 0 Å². The van der Waals surface area contributed by atoms with Gasteiger partial charge in [0.1, 0.15) is 11.9 Å². The van der Waals surface area contributed by atoms with E-state index >= 15 is 0 Å². The fraction of sp³-hybridized carbons (Fsp3) is 0.286. The average Bonchev–Trinajstić information content (AvgIpc) is 2.99. The molecule has 0 saturated carbocycles. The van der Waals surface area contributed by atoms with Crippen LogP contribution in [-0.4, -0.2) is 48.4 Å². The summed E-state index contributed by atoms with van der Waals surface area (Å²) in [6, 6.07) is 14.1. The summed E-state index contributed by atoms with van der Waals surface area (Å²) in [5.74, 6) is 0.105. The van der Waals surface area contributed by atoms with Gasteiger partial charge in [0, 0.05) is 26.2 Å². The van der Waals surface area contributed by atoms with Gasteiger partial charge in [0.05, 0.1) is 10.7 Å². The normalized spacial score (nSPS) is 14.5. The van der Waals surface area contributed by atoms with Gasteiger partial charge in [0.2, 0.25) is 0 Å². The molecule has 0 bridgehead atoms. The van der Waals surface area contributed by atoms with Gasteiger partial charge in [0.25, 0.3) is 0 Å². The highest BCUT2D eigenvalue weighted by atomic mass is 35.5. The van der Waals surface area contributed by atoms with E-state index < -0.39 is 6.09 Å². The van der Waals surface area contributed by atoms with E-state index in [1.54, 1.807) is 42.5 Å². The molecule has 0 spiro atoms. The summed E-state index contributed by atoms with van der Waals surface area (Å²) in [7, 11) is 0. The first kappa shape index (κ1) is 32.7. The topological polar surface area (TPSA) is 73.8 Å². The van der Waals surface area contributed by atoms with Crippen LogP contribution >= 0.6 is 11.6 Å². The molecule has 0 atom stereocenters. The molecule has 3 N–H and O–H groups in total. The van der Waals surface area contributed by atoms with Crippen LogP contribution in [0.25, 0.3) is 0 Å². The number of ether oxygens (including phenoxy) is 1. The number of phenolic OH excluding ortho intramolecular Hbond substituents is 1. The molecule has 1 amide bonds. The third-order valence-electron chi connectivity index (χ3n) is 7.15. The van der Waals surface area contributed by atoms with Crippen molar-refractivity contribution in [3.8, 4) is 5.75 Å². The summed E-state index contributed by atoms with van der Waals surface area (Å²) < 4.78 is 5.70. The first-order valence-corrected chi connectivity index (χ1v) is 14.6. The molecule has 0 aromatic heterocycles. The second kappa shape index (κ2) is 17.2. The molecular formula is C35H42ClN3O3. The van der Waals surface area contributed by atoms with Crippen molar-refractivity contribution in [1.29, 1.82) is 0 Å². The first-order chi connectivity index (χ1) is 20.3. The van der Waals surface area contributed by atoms with Crippen molar-refractivity contribution in [2.45, 2.75) is 38.3 Å². The van der Waals surface area contributed by atoms with Crippen molar-refractivity contribution in [3.05, 3.63) is 138 Å². The Morgan fingerprint density at radius 3 is 2.33 bits per heavy atom. The number of nitrogens with one attached hydrogen (secondary N) is 2. The number of carbonyl (C=O) groups excluding carboxylic acids is 1. The van der Waals surface area contributed by atoms with Crippen LogP contribution in [-0.2, 0) is 24.1 Å². The molecule has 6 nitrogen and oxygen atoms in total. The number of allylic oxidation sites excluding steroid dienone is 6. The van der Waals surface area contributed by atoms with Crippen LogP contribution in [0, 0.1) is 0 Å². The number of likely N-dealkylation sites (tertiary alicyclic amines) is 1. The van der Waals surface area contributed by atoms with E-state index in [2.05, 4.69) is 66.1 Å². The highest BCUT2D eigenvalue weighted by Crippen LogP contribution is 2.23. The molecule has 2 aromatic carbocycles. The van der Waals surface area contributed by atoms with Crippen LogP contribution in [0.5, 0.6) is 5.75 Å². The van der Waals surface area contributed by atoms with E-state index in [0.717, 1.165) is 57.4 Å². The minimum absolute atomic E-state index is 0.105. The Morgan fingerprint density at radius 1 is 1.02 bits per heavy atom. The number of phenols is 1. The summed E-state index contributed by atoms with van der Waals surface area (Å²) in [5, 5.41) is 16.1. The highest BCUT2D eigenvalue weighted by Gasteiger charge is 2.23. The van der Waals surface area contributed by atoms with Crippen LogP contribution in [0.4, 0.5) is 4.79 Å². The molecular weight excluding hydrogens is 546 g/mol. The molecule has 2 aromatic rings. The molecule has 0 radical (unpaired) electrons. The SMILES string of the molecule is C=C/C=C\C(=C)C(=C)/C(=C\C=C)NC(=O)OC1CCN(CCc2ccc(CCNCc3ccc(O)c(Cl)c3)cc2)CC1. The number of piperidine rings is 1. The summed E-state index contributed by atoms with van der Waals surface area (Å²) >= 11 is 5.98. The van der Waals surface area contributed by atoms with Crippen LogP contribution in [0.1, 0.15) is 29.5 Å². The maximum absolute atomic E-state index is 12.6. The van der Waals surface area contributed by atoms with Crippen molar-refractivity contribution in [2.75, 3.05) is 26.2 Å². The first-order valence-electron chi connectivity index (χ1n) is 14.2. The summed E-state index contributed by atoms with van der Waals surface area (Å²) in [5.41, 5.74) is 5.40. The fourth-order valence-corrected chi connectivity index (χ4v) is 4.82. The van der Waals surface area contributed by atoms with Gasteiger partial charge >= 0.3 is 6.09 Å². The van der Waals surface area contributed by atoms with E-state index in [0.29, 0.717) is 28.4 Å². The zero-order chi connectivity index (χ0) is 30.3. The standard InChI is InChI=1S/C35H42ClN3O3/c1-5-7-9-26(3)27(4)33(8-6-2)38-35(41)42-31-18-22-39(23-19-31)21-17-29-12-10-28(11-13-29)16-20-37-25-30-14-15-34(40)32(36)24-30/h5-15,24,31,37,40H,1-4,16-23,25H2,(H,38,41)/b9-7-,33-8+. The molecule has 1 saturated heterocycles. The van der Waals surface area contributed by atoms with Gasteiger partial charge in [-0.3, -0.25) is 5.32 Å². The zero-order valence-electron chi connectivity index (χ0n) is 24.3. The van der Waals surface area contributed by atoms with Crippen molar-refractivity contribution in [2.24, 2.45) is 0 Å². The van der Waals surface area contributed by atoms with E-state index in [1.807, 2.05) is 6.07 Å². The molecule has 1 fully saturated rings. The van der Waals surface area contributed by atoms with E-state index in [-0.39, 0.29) is 11.9 Å². The number of hydrogen-bond donors (Lipinski definition) is 3. The number of benzene rings is 2. The van der Waals surface area contributed by atoms with Gasteiger partial charge in [-0.25, -0.2) is 4.79 Å². The number of aromatic hydroxyl groups is 1. The molecule has 222 valence electrons. The van der Waals surface area contributed by atoms with Gasteiger partial charge in [-0.2, -0.15) is 0 Å². The van der Waals surface area contributed by atoms with Gasteiger partial charge in [-0.1, -0.05) is 92.6 Å². The third-order valence-corrected chi connectivity index (χ3v) is 7.45. The second-order valence-electron chi connectivity index (χ2n) is 10.3. The number of halogens is 1. The van der Waals surface area contributed by atoms with E-state index in [1.165, 1.54) is 11.1 Å². The minimum atomic E-state index is -0.497. The van der Waals surface area contributed by atoms with Gasteiger partial charge in [0.15, 0.2) is 0 Å². The predicted molar refractivity (Wildman–Crippen MR) is 174 cm³/mol. The smallest absolute Gasteiger partial charge is 0.411 e. The lowest BCUT2D eigenvalue weighted by Gasteiger charge is -2.31. The summed E-state index contributed by atoms with van der Waals surface area (Å²) in [6.07, 6.45) is 11.4. The van der Waals surface area contributed by atoms with Crippen LogP contribution in [0.2, 0.25) is 5.02 Å². The number of hydrogen-bond acceptors (Lipinski definition) is 5. The zero-order valence-corrected chi connectivity index (χ0v) is 25.0. The maximum Gasteiger partial charge on any atom is 0.411 e. The third kappa shape index (κ3) is 10.9. The van der Waals surface area contributed by atoms with Gasteiger partial charge in [-0.05, 0) is 78.3 Å². The Balaban J connectivity index is 1.34. The molecule has 42 heavy (non-hydrogen) atoms. The minimum Gasteiger partial charge on any atom is -0.506 e. The Hall–Kier alpha value is -3.84. The number of nitrogens with zero attached hydrogens (tertiary/aromatic N) is 1. The van der Waals surface area contributed by atoms with Crippen LogP contribution in [0.15, 0.2) is 116 Å². The largest absolute Gasteiger partial charge is 0.506 e. The Kier molecular flexibility index (Phi) is 13.4. The second-order valence-corrected chi connectivity index (χ2v) is 10.7. The molecule has 1 aliphatic rings. The predicted octanol–water partition coefficient (Wildman–Crippen LogP) is 7.04. The van der Waals surface area contributed by atoms with Crippen LogP contribution in [0.3, 0.4) is 0 Å². The number of alkyl carbamates (subject to hydrolysis) is 1. The van der Waals surface area contributed by atoms with E-state index in [9.17, 15) is 9.90 Å². The molecule has 3 rings (SSSR count). The molecule has 7 heteroatoms. The maximum atomic E-state index is 12.6. The lowest BCUT2D eigenvalue weighted by atomic mass is 10.0. The van der Waals surface area contributed by atoms with E-state index in [4.69, 9.17) is 16.3 Å². The van der Waals surface area contributed by atoms with Gasteiger partial charge in [-0.15, -0.1) is 0 Å². The Labute approximate surface area is 255 Å². The molecule has 1 aliphatic heterocycles. The highest BCUT2D eigenvalue weighted by molar-refractivity contribution is 6.32. The quantitative estimate of drug-likeness (QED) is 0.154. The number of carbonyl (C=O) groups is 1.